The van der Waals surface area contributed by atoms with Gasteiger partial charge < -0.3 is 14.2 Å². The SMILES string of the molecule is CCCCCCCCCCCCCCCCCCCCCC(=O)O[C@H](COC(=O)CCCCCCCCCCC(C)C)COC(=O)CCCCCCCCCC(C)C. The predicted molar refractivity (Wildman–Crippen MR) is 247 cm³/mol. The Bertz CT molecular complexity index is 885. The molecule has 0 rings (SSSR count). The van der Waals surface area contributed by atoms with E-state index in [0.29, 0.717) is 19.3 Å². The predicted octanol–water partition coefficient (Wildman–Crippen LogP) is 16.5. The van der Waals surface area contributed by atoms with E-state index >= 15 is 0 Å². The second-order valence-corrected chi connectivity index (χ2v) is 18.8. The first-order valence-corrected chi connectivity index (χ1v) is 25.7. The summed E-state index contributed by atoms with van der Waals surface area (Å²) < 4.78 is 16.8. The lowest BCUT2D eigenvalue weighted by atomic mass is 10.0. The average molecular weight is 821 g/mol. The molecular weight excluding hydrogens is 721 g/mol. The quantitative estimate of drug-likeness (QED) is 0.0346. The molecule has 344 valence electrons. The molecule has 0 radical (unpaired) electrons. The van der Waals surface area contributed by atoms with Crippen LogP contribution >= 0.6 is 0 Å². The zero-order valence-electron chi connectivity index (χ0n) is 39.7. The lowest BCUT2D eigenvalue weighted by molar-refractivity contribution is -0.167. The number of carbonyl (C=O) groups is 3. The van der Waals surface area contributed by atoms with Crippen LogP contribution in [0.2, 0.25) is 0 Å². The number of ether oxygens (including phenoxy) is 3. The summed E-state index contributed by atoms with van der Waals surface area (Å²) in [6, 6.07) is 0. The molecule has 0 aromatic rings. The summed E-state index contributed by atoms with van der Waals surface area (Å²) in [7, 11) is 0. The van der Waals surface area contributed by atoms with Crippen LogP contribution in [0.5, 0.6) is 0 Å². The van der Waals surface area contributed by atoms with Crippen molar-refractivity contribution in [3.63, 3.8) is 0 Å². The molecular formula is C52H100O6. The van der Waals surface area contributed by atoms with Crippen molar-refractivity contribution in [3.05, 3.63) is 0 Å². The van der Waals surface area contributed by atoms with Crippen molar-refractivity contribution in [2.75, 3.05) is 13.2 Å². The summed E-state index contributed by atoms with van der Waals surface area (Å²) in [5.41, 5.74) is 0. The van der Waals surface area contributed by atoms with E-state index in [2.05, 4.69) is 34.6 Å². The standard InChI is InChI=1S/C52H100O6/c1-6-7-8-9-10-11-12-13-14-15-16-17-18-19-20-21-28-34-39-44-52(55)58-49(46-57-51(54)43-38-33-29-24-26-31-36-41-48(4)5)45-56-50(53)42-37-32-27-23-22-25-30-35-40-47(2)3/h47-49H,6-46H2,1-5H3/t49-/m1/s1. The van der Waals surface area contributed by atoms with Crippen molar-refractivity contribution >= 4 is 17.9 Å². The Balaban J connectivity index is 4.25. The van der Waals surface area contributed by atoms with Crippen LogP contribution in [0.4, 0.5) is 0 Å². The molecule has 0 aromatic carbocycles. The summed E-state index contributed by atoms with van der Waals surface area (Å²) in [6.07, 6.45) is 45.4. The lowest BCUT2D eigenvalue weighted by Gasteiger charge is -2.18. The molecule has 6 nitrogen and oxygen atoms in total. The maximum Gasteiger partial charge on any atom is 0.306 e. The number of esters is 3. The van der Waals surface area contributed by atoms with Gasteiger partial charge in [0.05, 0.1) is 0 Å². The van der Waals surface area contributed by atoms with Crippen LogP contribution in [-0.4, -0.2) is 37.2 Å². The molecule has 0 unspecified atom stereocenters. The summed E-state index contributed by atoms with van der Waals surface area (Å²) in [5, 5.41) is 0. The molecule has 0 saturated carbocycles. The van der Waals surface area contributed by atoms with Gasteiger partial charge in [0.1, 0.15) is 13.2 Å². The van der Waals surface area contributed by atoms with Gasteiger partial charge in [-0.05, 0) is 31.1 Å². The molecule has 1 atom stereocenters. The second-order valence-electron chi connectivity index (χ2n) is 18.8. The van der Waals surface area contributed by atoms with Crippen LogP contribution in [-0.2, 0) is 28.6 Å². The van der Waals surface area contributed by atoms with Gasteiger partial charge in [0, 0.05) is 19.3 Å². The van der Waals surface area contributed by atoms with Crippen molar-refractivity contribution in [1.82, 2.24) is 0 Å². The van der Waals surface area contributed by atoms with Gasteiger partial charge in [0.25, 0.3) is 0 Å². The zero-order valence-corrected chi connectivity index (χ0v) is 39.7. The Morgan fingerprint density at radius 2 is 0.569 bits per heavy atom. The third-order valence-corrected chi connectivity index (χ3v) is 11.7. The summed E-state index contributed by atoms with van der Waals surface area (Å²) in [5.74, 6) is 0.723. The molecule has 0 bridgehead atoms. The minimum Gasteiger partial charge on any atom is -0.462 e. The van der Waals surface area contributed by atoms with E-state index in [1.54, 1.807) is 0 Å². The van der Waals surface area contributed by atoms with Crippen molar-refractivity contribution < 1.29 is 28.6 Å². The maximum absolute atomic E-state index is 12.8. The normalized spacial score (nSPS) is 12.1. The third kappa shape index (κ3) is 45.5. The van der Waals surface area contributed by atoms with Crippen LogP contribution in [0.3, 0.4) is 0 Å². The molecule has 0 fully saturated rings. The molecule has 0 saturated heterocycles. The van der Waals surface area contributed by atoms with E-state index in [-0.39, 0.29) is 31.1 Å². The fourth-order valence-corrected chi connectivity index (χ4v) is 7.81. The van der Waals surface area contributed by atoms with Gasteiger partial charge in [-0.25, -0.2) is 0 Å². The number of carbonyl (C=O) groups excluding carboxylic acids is 3. The highest BCUT2D eigenvalue weighted by atomic mass is 16.6. The minimum absolute atomic E-state index is 0.0652. The van der Waals surface area contributed by atoms with Crippen LogP contribution in [0.15, 0.2) is 0 Å². The Hall–Kier alpha value is -1.59. The molecule has 0 N–H and O–H groups in total. The van der Waals surface area contributed by atoms with Crippen LogP contribution in [0.1, 0.15) is 285 Å². The van der Waals surface area contributed by atoms with Gasteiger partial charge in [-0.15, -0.1) is 0 Å². The first-order chi connectivity index (χ1) is 28.2. The van der Waals surface area contributed by atoms with Gasteiger partial charge in [0.15, 0.2) is 6.10 Å². The molecule has 0 amide bonds. The average Bonchev–Trinajstić information content (AvgIpc) is 3.19. The van der Waals surface area contributed by atoms with E-state index in [9.17, 15) is 14.4 Å². The number of hydrogen-bond donors (Lipinski definition) is 0. The first kappa shape index (κ1) is 56.4. The fourth-order valence-electron chi connectivity index (χ4n) is 7.81. The topological polar surface area (TPSA) is 78.9 Å². The Kier molecular flexibility index (Phi) is 43.7. The van der Waals surface area contributed by atoms with Crippen LogP contribution in [0, 0.1) is 11.8 Å². The Labute approximate surface area is 361 Å². The maximum atomic E-state index is 12.8. The van der Waals surface area contributed by atoms with Crippen LogP contribution in [0.25, 0.3) is 0 Å². The molecule has 0 spiro atoms. The van der Waals surface area contributed by atoms with Crippen LogP contribution < -0.4 is 0 Å². The number of rotatable bonds is 46. The molecule has 0 aromatic heterocycles. The highest BCUT2D eigenvalue weighted by molar-refractivity contribution is 5.71. The van der Waals surface area contributed by atoms with E-state index in [0.717, 1.165) is 69.6 Å². The van der Waals surface area contributed by atoms with Crippen molar-refractivity contribution in [1.29, 1.82) is 0 Å². The minimum atomic E-state index is -0.762. The van der Waals surface area contributed by atoms with Gasteiger partial charge >= 0.3 is 17.9 Å². The third-order valence-electron chi connectivity index (χ3n) is 11.7. The zero-order chi connectivity index (χ0) is 42.6. The van der Waals surface area contributed by atoms with E-state index in [1.807, 2.05) is 0 Å². The van der Waals surface area contributed by atoms with Crippen molar-refractivity contribution in [2.24, 2.45) is 11.8 Å². The number of unbranched alkanes of at least 4 members (excludes halogenated alkanes) is 31. The summed E-state index contributed by atoms with van der Waals surface area (Å²) in [4.78, 5) is 37.8. The molecule has 0 heterocycles. The molecule has 0 aliphatic carbocycles. The first-order valence-electron chi connectivity index (χ1n) is 25.7. The largest absolute Gasteiger partial charge is 0.462 e. The lowest BCUT2D eigenvalue weighted by Crippen LogP contribution is -2.30. The van der Waals surface area contributed by atoms with Gasteiger partial charge in [0.2, 0.25) is 0 Å². The Morgan fingerprint density at radius 3 is 0.845 bits per heavy atom. The van der Waals surface area contributed by atoms with E-state index in [1.165, 1.54) is 173 Å². The van der Waals surface area contributed by atoms with Gasteiger partial charge in [-0.1, -0.05) is 247 Å². The van der Waals surface area contributed by atoms with Gasteiger partial charge in [-0.3, -0.25) is 14.4 Å². The molecule has 6 heteroatoms. The summed E-state index contributed by atoms with van der Waals surface area (Å²) in [6.45, 7) is 11.3. The monoisotopic (exact) mass is 821 g/mol. The smallest absolute Gasteiger partial charge is 0.306 e. The molecule has 58 heavy (non-hydrogen) atoms. The van der Waals surface area contributed by atoms with E-state index < -0.39 is 6.10 Å². The van der Waals surface area contributed by atoms with Gasteiger partial charge in [-0.2, -0.15) is 0 Å². The molecule has 0 aliphatic rings. The Morgan fingerprint density at radius 1 is 0.328 bits per heavy atom. The van der Waals surface area contributed by atoms with Crippen molar-refractivity contribution in [2.45, 2.75) is 291 Å². The fraction of sp³-hybridized carbons (Fsp3) is 0.942. The second kappa shape index (κ2) is 44.9. The highest BCUT2D eigenvalue weighted by Gasteiger charge is 2.19. The van der Waals surface area contributed by atoms with E-state index in [4.69, 9.17) is 14.2 Å². The van der Waals surface area contributed by atoms with Crippen molar-refractivity contribution in [3.8, 4) is 0 Å². The summed E-state index contributed by atoms with van der Waals surface area (Å²) >= 11 is 0. The molecule has 0 aliphatic heterocycles. The highest BCUT2D eigenvalue weighted by Crippen LogP contribution is 2.17. The number of hydrogen-bond acceptors (Lipinski definition) is 6.